The summed E-state index contributed by atoms with van der Waals surface area (Å²) >= 11 is 1.65. The molecule has 7 heteroatoms. The van der Waals surface area contributed by atoms with Crippen LogP contribution in [0, 0.1) is 13.8 Å². The highest BCUT2D eigenvalue weighted by atomic mass is 32.1. The standard InChI is InChI=1S/C28H35N3O3S/c1-4-34-17-8-16-30(28(33)29-25-13-11-22(2)12-14-25)21-27(32)31(19-24-9-6-5-7-10-24)20-26-23(3)15-18-35-26/h5-7,9-15,18H,4,8,16-17,19-21H2,1-3H3,(H,29,33). The maximum atomic E-state index is 13.6. The normalized spacial score (nSPS) is 10.7. The fourth-order valence-corrected chi connectivity index (χ4v) is 4.55. The van der Waals surface area contributed by atoms with Gasteiger partial charge in [0.25, 0.3) is 0 Å². The van der Waals surface area contributed by atoms with Gasteiger partial charge in [-0.2, -0.15) is 0 Å². The van der Waals surface area contributed by atoms with Crippen molar-refractivity contribution in [1.29, 1.82) is 0 Å². The molecule has 35 heavy (non-hydrogen) atoms. The number of rotatable bonds is 12. The Morgan fingerprint density at radius 3 is 2.34 bits per heavy atom. The maximum absolute atomic E-state index is 13.6. The van der Waals surface area contributed by atoms with Crippen LogP contribution in [0.15, 0.2) is 66.0 Å². The fourth-order valence-electron chi connectivity index (χ4n) is 3.63. The van der Waals surface area contributed by atoms with Crippen LogP contribution in [-0.2, 0) is 22.6 Å². The highest BCUT2D eigenvalue weighted by molar-refractivity contribution is 7.10. The molecular formula is C28H35N3O3S. The molecular weight excluding hydrogens is 458 g/mol. The van der Waals surface area contributed by atoms with E-state index < -0.39 is 0 Å². The van der Waals surface area contributed by atoms with Gasteiger partial charge in [-0.05, 0) is 61.9 Å². The largest absolute Gasteiger partial charge is 0.382 e. The predicted molar refractivity (Wildman–Crippen MR) is 143 cm³/mol. The second kappa shape index (κ2) is 13.7. The molecule has 6 nitrogen and oxygen atoms in total. The average molecular weight is 494 g/mol. The Morgan fingerprint density at radius 1 is 0.943 bits per heavy atom. The molecule has 3 amide bonds. The van der Waals surface area contributed by atoms with E-state index in [-0.39, 0.29) is 18.5 Å². The van der Waals surface area contributed by atoms with Gasteiger partial charge in [0.05, 0.1) is 6.54 Å². The molecule has 2 aromatic carbocycles. The molecule has 0 aliphatic rings. The summed E-state index contributed by atoms with van der Waals surface area (Å²) in [7, 11) is 0. The molecule has 0 saturated carbocycles. The number of urea groups is 1. The van der Waals surface area contributed by atoms with Gasteiger partial charge in [0.15, 0.2) is 0 Å². The minimum atomic E-state index is -0.286. The van der Waals surface area contributed by atoms with E-state index in [0.717, 1.165) is 16.0 Å². The average Bonchev–Trinajstić information content (AvgIpc) is 3.26. The molecule has 186 valence electrons. The maximum Gasteiger partial charge on any atom is 0.322 e. The van der Waals surface area contributed by atoms with Gasteiger partial charge in [-0.1, -0.05) is 48.0 Å². The summed E-state index contributed by atoms with van der Waals surface area (Å²) in [5.74, 6) is -0.0860. The summed E-state index contributed by atoms with van der Waals surface area (Å²) in [6, 6.07) is 19.4. The van der Waals surface area contributed by atoms with Crippen LogP contribution in [0.25, 0.3) is 0 Å². The van der Waals surface area contributed by atoms with Crippen molar-refractivity contribution < 1.29 is 14.3 Å². The van der Waals surface area contributed by atoms with Crippen molar-refractivity contribution in [3.05, 3.63) is 87.6 Å². The summed E-state index contributed by atoms with van der Waals surface area (Å²) in [4.78, 5) is 31.3. The van der Waals surface area contributed by atoms with Crippen molar-refractivity contribution in [2.24, 2.45) is 0 Å². The highest BCUT2D eigenvalue weighted by Crippen LogP contribution is 2.20. The summed E-state index contributed by atoms with van der Waals surface area (Å²) < 4.78 is 5.46. The van der Waals surface area contributed by atoms with Gasteiger partial charge in [0.2, 0.25) is 5.91 Å². The molecule has 0 aliphatic heterocycles. The van der Waals surface area contributed by atoms with Crippen molar-refractivity contribution >= 4 is 29.0 Å². The lowest BCUT2D eigenvalue weighted by atomic mass is 10.2. The number of anilines is 1. The molecule has 0 aliphatic carbocycles. The first kappa shape index (κ1) is 26.4. The zero-order chi connectivity index (χ0) is 25.0. The first-order valence-corrected chi connectivity index (χ1v) is 12.9. The molecule has 0 bridgehead atoms. The summed E-state index contributed by atoms with van der Waals surface area (Å²) in [6.07, 6.45) is 0.658. The minimum Gasteiger partial charge on any atom is -0.382 e. The highest BCUT2D eigenvalue weighted by Gasteiger charge is 2.22. The number of ether oxygens (including phenoxy) is 1. The van der Waals surface area contributed by atoms with Crippen molar-refractivity contribution in [2.75, 3.05) is 31.6 Å². The molecule has 0 atom stereocenters. The molecule has 0 spiro atoms. The number of amides is 3. The van der Waals surface area contributed by atoms with E-state index in [4.69, 9.17) is 4.74 Å². The number of nitrogens with zero attached hydrogens (tertiary/aromatic N) is 2. The van der Waals surface area contributed by atoms with Crippen LogP contribution in [0.5, 0.6) is 0 Å². The van der Waals surface area contributed by atoms with Crippen LogP contribution in [0.4, 0.5) is 10.5 Å². The van der Waals surface area contributed by atoms with Gasteiger partial charge < -0.3 is 19.9 Å². The molecule has 0 saturated heterocycles. The molecule has 1 heterocycles. The zero-order valence-electron chi connectivity index (χ0n) is 20.8. The zero-order valence-corrected chi connectivity index (χ0v) is 21.6. The number of hydrogen-bond acceptors (Lipinski definition) is 4. The molecule has 3 rings (SSSR count). The Balaban J connectivity index is 1.75. The SMILES string of the molecule is CCOCCCN(CC(=O)N(Cc1ccccc1)Cc1sccc1C)C(=O)Nc1ccc(C)cc1. The number of thiophene rings is 1. The van der Waals surface area contributed by atoms with Gasteiger partial charge in [-0.25, -0.2) is 4.79 Å². The third-order valence-electron chi connectivity index (χ3n) is 5.71. The first-order valence-electron chi connectivity index (χ1n) is 12.0. The van der Waals surface area contributed by atoms with E-state index in [0.29, 0.717) is 45.0 Å². The fraction of sp³-hybridized carbons (Fsp3) is 0.357. The predicted octanol–water partition coefficient (Wildman–Crippen LogP) is 5.85. The Hall–Kier alpha value is -3.16. The number of benzene rings is 2. The van der Waals surface area contributed by atoms with E-state index in [2.05, 4.69) is 18.3 Å². The number of hydrogen-bond donors (Lipinski definition) is 1. The summed E-state index contributed by atoms with van der Waals surface area (Å²) in [6.45, 7) is 8.61. The molecule has 3 aromatic rings. The van der Waals surface area contributed by atoms with Crippen molar-refractivity contribution in [3.63, 3.8) is 0 Å². The van der Waals surface area contributed by atoms with Crippen LogP contribution < -0.4 is 5.32 Å². The molecule has 1 aromatic heterocycles. The molecule has 0 unspecified atom stereocenters. The van der Waals surface area contributed by atoms with Crippen molar-refractivity contribution in [3.8, 4) is 0 Å². The topological polar surface area (TPSA) is 61.9 Å². The van der Waals surface area contributed by atoms with E-state index in [9.17, 15) is 9.59 Å². The monoisotopic (exact) mass is 493 g/mol. The van der Waals surface area contributed by atoms with E-state index in [1.807, 2.05) is 78.7 Å². The van der Waals surface area contributed by atoms with E-state index in [1.54, 1.807) is 16.2 Å². The Morgan fingerprint density at radius 2 is 1.69 bits per heavy atom. The van der Waals surface area contributed by atoms with Crippen LogP contribution in [0.1, 0.15) is 34.9 Å². The van der Waals surface area contributed by atoms with Crippen LogP contribution in [0.3, 0.4) is 0 Å². The number of carbonyl (C=O) groups excluding carboxylic acids is 2. The molecule has 0 fully saturated rings. The van der Waals surface area contributed by atoms with Gasteiger partial charge in [0, 0.05) is 36.9 Å². The first-order chi connectivity index (χ1) is 17.0. The number of carbonyl (C=O) groups is 2. The minimum absolute atomic E-state index is 0.00107. The molecule has 0 radical (unpaired) electrons. The van der Waals surface area contributed by atoms with Gasteiger partial charge in [0.1, 0.15) is 6.54 Å². The van der Waals surface area contributed by atoms with Crippen molar-refractivity contribution in [2.45, 2.75) is 40.3 Å². The van der Waals surface area contributed by atoms with Crippen LogP contribution >= 0.6 is 11.3 Å². The lowest BCUT2D eigenvalue weighted by Crippen LogP contribution is -2.44. The second-order valence-corrected chi connectivity index (χ2v) is 9.53. The Bertz CT molecular complexity index is 1070. The van der Waals surface area contributed by atoms with Gasteiger partial charge in [-0.3, -0.25) is 4.79 Å². The lowest BCUT2D eigenvalue weighted by molar-refractivity contribution is -0.133. The van der Waals surface area contributed by atoms with Crippen LogP contribution in [-0.4, -0.2) is 48.0 Å². The third kappa shape index (κ3) is 8.53. The third-order valence-corrected chi connectivity index (χ3v) is 6.72. The lowest BCUT2D eigenvalue weighted by Gasteiger charge is -2.28. The second-order valence-electron chi connectivity index (χ2n) is 8.53. The van der Waals surface area contributed by atoms with Crippen LogP contribution in [0.2, 0.25) is 0 Å². The molecule has 1 N–H and O–H groups in total. The summed E-state index contributed by atoms with van der Waals surface area (Å²) in [5.41, 5.74) is 4.05. The smallest absolute Gasteiger partial charge is 0.322 e. The van der Waals surface area contributed by atoms with Gasteiger partial charge >= 0.3 is 6.03 Å². The van der Waals surface area contributed by atoms with E-state index in [1.165, 1.54) is 5.56 Å². The quantitative estimate of drug-likeness (QED) is 0.322. The number of nitrogens with one attached hydrogen (secondary N) is 1. The summed E-state index contributed by atoms with van der Waals surface area (Å²) in [5, 5.41) is 4.98. The Kier molecular flexibility index (Phi) is 10.3. The van der Waals surface area contributed by atoms with Gasteiger partial charge in [-0.15, -0.1) is 11.3 Å². The van der Waals surface area contributed by atoms with E-state index >= 15 is 0 Å². The number of aryl methyl sites for hydroxylation is 2. The van der Waals surface area contributed by atoms with Crippen molar-refractivity contribution in [1.82, 2.24) is 9.80 Å². The Labute approximate surface area is 212 Å².